The van der Waals surface area contributed by atoms with E-state index < -0.39 is 12.1 Å². The van der Waals surface area contributed by atoms with Gasteiger partial charge in [-0.3, -0.25) is 4.79 Å². The molecule has 0 aliphatic carbocycles. The number of nitrogens with zero attached hydrogens (tertiary/aromatic N) is 2. The highest BCUT2D eigenvalue weighted by Gasteiger charge is 2.27. The van der Waals surface area contributed by atoms with Crippen LogP contribution in [0, 0.1) is 13.8 Å². The van der Waals surface area contributed by atoms with E-state index in [1.165, 1.54) is 0 Å². The third-order valence-corrected chi connectivity index (χ3v) is 6.17. The molecular weight excluding hydrogens is 464 g/mol. The lowest BCUT2D eigenvalue weighted by molar-refractivity contribution is 0.0280. The molecule has 0 fully saturated rings. The van der Waals surface area contributed by atoms with Gasteiger partial charge in [0.25, 0.3) is 0 Å². The van der Waals surface area contributed by atoms with Gasteiger partial charge in [0.05, 0.1) is 5.56 Å². The molecule has 1 aromatic heterocycles. The molecule has 0 radical (unpaired) electrons. The fourth-order valence-corrected chi connectivity index (χ4v) is 3.91. The van der Waals surface area contributed by atoms with Crippen LogP contribution in [0.25, 0.3) is 22.9 Å². The van der Waals surface area contributed by atoms with Gasteiger partial charge in [-0.2, -0.15) is 0 Å². The minimum absolute atomic E-state index is 0.279. The molecule has 0 N–H and O–H groups in total. The zero-order valence-corrected chi connectivity index (χ0v) is 20.4. The summed E-state index contributed by atoms with van der Waals surface area (Å²) in [5.41, 5.74) is 4.97. The summed E-state index contributed by atoms with van der Waals surface area (Å²) < 4.78 is 11.6. The van der Waals surface area contributed by atoms with Gasteiger partial charge >= 0.3 is 5.97 Å². The van der Waals surface area contributed by atoms with Gasteiger partial charge in [-0.05, 0) is 67.4 Å². The quantitative estimate of drug-likeness (QED) is 0.185. The molecule has 6 nitrogen and oxygen atoms in total. The van der Waals surface area contributed by atoms with E-state index in [9.17, 15) is 9.59 Å². The second kappa shape index (κ2) is 10.4. The van der Waals surface area contributed by atoms with E-state index in [0.29, 0.717) is 34.0 Å². The number of hydrogen-bond acceptors (Lipinski definition) is 6. The van der Waals surface area contributed by atoms with Crippen LogP contribution in [-0.4, -0.2) is 21.9 Å². The van der Waals surface area contributed by atoms with Crippen molar-refractivity contribution in [1.29, 1.82) is 0 Å². The van der Waals surface area contributed by atoms with Gasteiger partial charge < -0.3 is 9.15 Å². The molecule has 0 saturated heterocycles. The molecule has 0 spiro atoms. The Kier molecular flexibility index (Phi) is 6.72. The van der Waals surface area contributed by atoms with Crippen LogP contribution in [0.15, 0.2) is 108 Å². The molecule has 0 bridgehead atoms. The Morgan fingerprint density at radius 1 is 0.676 bits per heavy atom. The van der Waals surface area contributed by atoms with Crippen LogP contribution in [0.5, 0.6) is 0 Å². The number of ether oxygens (including phenoxy) is 1. The Hall–Kier alpha value is -4.84. The summed E-state index contributed by atoms with van der Waals surface area (Å²) in [6.07, 6.45) is -1.07. The molecular formula is C31H24N2O4. The van der Waals surface area contributed by atoms with E-state index in [2.05, 4.69) is 10.2 Å². The van der Waals surface area contributed by atoms with Gasteiger partial charge in [-0.1, -0.05) is 60.7 Å². The van der Waals surface area contributed by atoms with Crippen molar-refractivity contribution in [2.45, 2.75) is 20.0 Å². The molecule has 0 amide bonds. The zero-order chi connectivity index (χ0) is 25.8. The first-order valence-electron chi connectivity index (χ1n) is 11.9. The third-order valence-electron chi connectivity index (χ3n) is 6.17. The molecule has 37 heavy (non-hydrogen) atoms. The SMILES string of the molecule is Cc1ccc(C(=O)C(OC(=O)c2ccc(-c3nnc(-c4ccccc4)o3)cc2)c2ccccc2)cc1C. The van der Waals surface area contributed by atoms with Crippen LogP contribution in [0.4, 0.5) is 0 Å². The Morgan fingerprint density at radius 3 is 1.86 bits per heavy atom. The fourth-order valence-electron chi connectivity index (χ4n) is 3.91. The molecule has 4 aromatic carbocycles. The first kappa shape index (κ1) is 23.9. The lowest BCUT2D eigenvalue weighted by Crippen LogP contribution is -2.20. The number of aryl methyl sites for hydroxylation is 2. The van der Waals surface area contributed by atoms with Crippen LogP contribution in [0.3, 0.4) is 0 Å². The minimum atomic E-state index is -1.07. The van der Waals surface area contributed by atoms with Crippen molar-refractivity contribution >= 4 is 11.8 Å². The first-order chi connectivity index (χ1) is 18.0. The van der Waals surface area contributed by atoms with E-state index in [4.69, 9.17) is 9.15 Å². The molecule has 5 rings (SSSR count). The number of carbonyl (C=O) groups excluding carboxylic acids is 2. The second-order valence-electron chi connectivity index (χ2n) is 8.72. The van der Waals surface area contributed by atoms with Gasteiger partial charge in [0.1, 0.15) is 0 Å². The average molecular weight is 489 g/mol. The van der Waals surface area contributed by atoms with Crippen LogP contribution in [0.2, 0.25) is 0 Å². The highest BCUT2D eigenvalue weighted by molar-refractivity contribution is 6.02. The number of aromatic nitrogens is 2. The van der Waals surface area contributed by atoms with Crippen molar-refractivity contribution in [3.8, 4) is 22.9 Å². The van der Waals surface area contributed by atoms with Crippen molar-refractivity contribution in [1.82, 2.24) is 10.2 Å². The van der Waals surface area contributed by atoms with Crippen molar-refractivity contribution in [3.63, 3.8) is 0 Å². The van der Waals surface area contributed by atoms with Crippen LogP contribution in [-0.2, 0) is 4.74 Å². The highest BCUT2D eigenvalue weighted by atomic mass is 16.5. The largest absolute Gasteiger partial charge is 0.445 e. The van der Waals surface area contributed by atoms with E-state index in [1.807, 2.05) is 74.5 Å². The standard InChI is InChI=1S/C31H24N2O4/c1-20-13-14-26(19-21(20)2)27(34)28(22-9-5-3-6-10-22)36-31(35)25-17-15-24(16-18-25)30-33-32-29(37-30)23-11-7-4-8-12-23/h3-19,28H,1-2H3. The summed E-state index contributed by atoms with van der Waals surface area (Å²) in [7, 11) is 0. The molecule has 6 heteroatoms. The average Bonchev–Trinajstić information content (AvgIpc) is 3.44. The van der Waals surface area contributed by atoms with Crippen LogP contribution < -0.4 is 0 Å². The molecule has 5 aromatic rings. The van der Waals surface area contributed by atoms with Gasteiger partial charge in [-0.15, -0.1) is 10.2 Å². The molecule has 0 aliphatic rings. The summed E-state index contributed by atoms with van der Waals surface area (Å²) in [6, 6.07) is 30.6. The maximum absolute atomic E-state index is 13.4. The van der Waals surface area contributed by atoms with Gasteiger partial charge in [0, 0.05) is 22.3 Å². The number of benzene rings is 4. The number of hydrogen-bond donors (Lipinski definition) is 0. The summed E-state index contributed by atoms with van der Waals surface area (Å²) >= 11 is 0. The summed E-state index contributed by atoms with van der Waals surface area (Å²) in [5.74, 6) is -0.132. The Balaban J connectivity index is 1.37. The van der Waals surface area contributed by atoms with E-state index in [0.717, 1.165) is 16.7 Å². The molecule has 1 heterocycles. The second-order valence-corrected chi connectivity index (χ2v) is 8.72. The third kappa shape index (κ3) is 5.23. The topological polar surface area (TPSA) is 82.3 Å². The molecule has 0 saturated carbocycles. The maximum Gasteiger partial charge on any atom is 0.339 e. The van der Waals surface area contributed by atoms with E-state index >= 15 is 0 Å². The van der Waals surface area contributed by atoms with Crippen molar-refractivity contribution in [2.24, 2.45) is 0 Å². The van der Waals surface area contributed by atoms with E-state index in [-0.39, 0.29) is 5.78 Å². The number of Topliss-reactive ketones (excluding diaryl/α,β-unsaturated/α-hetero) is 1. The predicted molar refractivity (Wildman–Crippen MR) is 140 cm³/mol. The molecule has 1 unspecified atom stereocenters. The number of carbonyl (C=O) groups is 2. The predicted octanol–water partition coefficient (Wildman–Crippen LogP) is 6.80. The van der Waals surface area contributed by atoms with Crippen LogP contribution in [0.1, 0.15) is 43.5 Å². The molecule has 1 atom stereocenters. The fraction of sp³-hybridized carbons (Fsp3) is 0.0968. The zero-order valence-electron chi connectivity index (χ0n) is 20.4. The Bertz CT molecular complexity index is 1540. The lowest BCUT2D eigenvalue weighted by Gasteiger charge is -2.18. The van der Waals surface area contributed by atoms with Crippen molar-refractivity contribution in [3.05, 3.63) is 131 Å². The first-order valence-corrected chi connectivity index (χ1v) is 11.9. The van der Waals surface area contributed by atoms with Gasteiger partial charge in [-0.25, -0.2) is 4.79 Å². The van der Waals surface area contributed by atoms with Crippen molar-refractivity contribution in [2.75, 3.05) is 0 Å². The monoisotopic (exact) mass is 488 g/mol. The van der Waals surface area contributed by atoms with Crippen molar-refractivity contribution < 1.29 is 18.7 Å². The maximum atomic E-state index is 13.4. The highest BCUT2D eigenvalue weighted by Crippen LogP contribution is 2.27. The smallest absolute Gasteiger partial charge is 0.339 e. The summed E-state index contributed by atoms with van der Waals surface area (Å²) in [4.78, 5) is 26.5. The number of rotatable bonds is 7. The van der Waals surface area contributed by atoms with Crippen LogP contribution >= 0.6 is 0 Å². The normalized spacial score (nSPS) is 11.6. The molecule has 182 valence electrons. The summed E-state index contributed by atoms with van der Waals surface area (Å²) in [6.45, 7) is 3.93. The molecule has 0 aliphatic heterocycles. The Morgan fingerprint density at radius 2 is 1.24 bits per heavy atom. The van der Waals surface area contributed by atoms with Gasteiger partial charge in [0.2, 0.25) is 17.6 Å². The Labute approximate surface area is 214 Å². The summed E-state index contributed by atoms with van der Waals surface area (Å²) in [5, 5.41) is 8.23. The minimum Gasteiger partial charge on any atom is -0.445 e. The van der Waals surface area contributed by atoms with E-state index in [1.54, 1.807) is 42.5 Å². The van der Waals surface area contributed by atoms with Gasteiger partial charge in [0.15, 0.2) is 6.10 Å². The number of esters is 1. The number of ketones is 1. The lowest BCUT2D eigenvalue weighted by atomic mass is 9.97.